The number of ether oxygens (including phenoxy) is 2. The van der Waals surface area contributed by atoms with Gasteiger partial charge in [-0.2, -0.15) is 4.72 Å². The van der Waals surface area contributed by atoms with E-state index in [1.165, 1.54) is 0 Å². The first-order chi connectivity index (χ1) is 15.6. The Kier molecular flexibility index (Phi) is 9.77. The summed E-state index contributed by atoms with van der Waals surface area (Å²) in [7, 11) is -8.74. The summed E-state index contributed by atoms with van der Waals surface area (Å²) in [6.45, 7) is 2.51. The highest BCUT2D eigenvalue weighted by atomic mass is 32.2. The summed E-state index contributed by atoms with van der Waals surface area (Å²) in [5.41, 5.74) is 17.1. The van der Waals surface area contributed by atoms with Crippen LogP contribution < -0.4 is 14.2 Å². The molecular weight excluding hydrogens is 497 g/mol. The fourth-order valence-electron chi connectivity index (χ4n) is 2.65. The van der Waals surface area contributed by atoms with Crippen molar-refractivity contribution in [2.75, 3.05) is 32.6 Å². The number of sulfonamides is 1. The summed E-state index contributed by atoms with van der Waals surface area (Å²) in [5.74, 6) is 0.695. The predicted octanol–water partition coefficient (Wildman–Crippen LogP) is 3.78. The van der Waals surface area contributed by atoms with E-state index in [2.05, 4.69) is 20.1 Å². The molecule has 14 nitrogen and oxygen atoms in total. The number of aryl methyl sites for hydroxylation is 1. The van der Waals surface area contributed by atoms with E-state index in [1.54, 1.807) is 19.1 Å². The van der Waals surface area contributed by atoms with Gasteiger partial charge < -0.3 is 19.3 Å². The zero-order chi connectivity index (χ0) is 24.5. The van der Waals surface area contributed by atoms with Gasteiger partial charge in [0.25, 0.3) is 10.0 Å². The van der Waals surface area contributed by atoms with Crippen LogP contribution >= 0.6 is 18.9 Å². The number of thiophene rings is 1. The third-order valence-electron chi connectivity index (χ3n) is 4.11. The first kappa shape index (κ1) is 26.7. The lowest BCUT2D eigenvalue weighted by Gasteiger charge is -2.13. The molecule has 0 spiro atoms. The van der Waals surface area contributed by atoms with Gasteiger partial charge in [-0.25, -0.2) is 8.42 Å². The fourth-order valence-corrected chi connectivity index (χ4v) is 6.48. The van der Waals surface area contributed by atoms with Crippen molar-refractivity contribution in [3.8, 4) is 11.5 Å². The van der Waals surface area contributed by atoms with Crippen LogP contribution in [0.3, 0.4) is 0 Å². The molecule has 2 aromatic rings. The lowest BCUT2D eigenvalue weighted by Crippen LogP contribution is -2.24. The van der Waals surface area contributed by atoms with Crippen molar-refractivity contribution < 1.29 is 32.2 Å². The molecule has 1 heterocycles. The molecule has 0 unspecified atom stereocenters. The Morgan fingerprint density at radius 3 is 2.15 bits per heavy atom. The molecule has 1 aromatic carbocycles. The van der Waals surface area contributed by atoms with Crippen LogP contribution in [0.4, 0.5) is 0 Å². The van der Waals surface area contributed by atoms with Gasteiger partial charge in [0.2, 0.25) is 0 Å². The minimum atomic E-state index is -4.58. The summed E-state index contributed by atoms with van der Waals surface area (Å²) in [4.78, 5) is 23.3. The van der Waals surface area contributed by atoms with Gasteiger partial charge >= 0.3 is 7.60 Å². The van der Waals surface area contributed by atoms with Crippen LogP contribution in [0.5, 0.6) is 11.5 Å². The summed E-state index contributed by atoms with van der Waals surface area (Å²) in [5, 5.41) is 7.44. The second kappa shape index (κ2) is 12.1. The molecule has 0 amide bonds. The van der Waals surface area contributed by atoms with Gasteiger partial charge in [0.1, 0.15) is 10.5 Å². The van der Waals surface area contributed by atoms with Crippen molar-refractivity contribution >= 4 is 39.0 Å². The Morgan fingerprint density at radius 2 is 1.64 bits per heavy atom. The van der Waals surface area contributed by atoms with Crippen molar-refractivity contribution in [2.24, 2.45) is 10.2 Å². The van der Waals surface area contributed by atoms with Crippen molar-refractivity contribution in [3.05, 3.63) is 38.6 Å². The molecule has 2 rings (SSSR count). The van der Waals surface area contributed by atoms with Crippen LogP contribution in [0.15, 0.2) is 26.6 Å². The monoisotopic (exact) mass is 519 g/mol. The van der Waals surface area contributed by atoms with Crippen LogP contribution in [0.1, 0.15) is 18.4 Å². The van der Waals surface area contributed by atoms with Gasteiger partial charge in [0.15, 0.2) is 11.5 Å². The standard InChI is InChI=1S/C16H22N7O7PS2/c1-11-12-8-13(29-6-2-4-19-22-17)14(30-7-3-5-20-23-18)9-15(12)32-16(11)33(27,28)21-10-31(24,25)26/h8-9,21H,2-7,10H2,1H3,(H2,24,25,26). The average Bonchev–Trinajstić information content (AvgIpc) is 3.08. The zero-order valence-corrected chi connectivity index (χ0v) is 20.0. The quantitative estimate of drug-likeness (QED) is 0.110. The smallest absolute Gasteiger partial charge is 0.340 e. The maximum atomic E-state index is 12.6. The number of benzene rings is 1. The van der Waals surface area contributed by atoms with Crippen LogP contribution in [0.2, 0.25) is 0 Å². The molecule has 33 heavy (non-hydrogen) atoms. The normalized spacial score (nSPS) is 11.6. The molecule has 17 heteroatoms. The van der Waals surface area contributed by atoms with Crippen LogP contribution in [-0.4, -0.2) is 50.8 Å². The van der Waals surface area contributed by atoms with Gasteiger partial charge in [-0.3, -0.25) is 4.57 Å². The van der Waals surface area contributed by atoms with Crippen LogP contribution in [-0.2, 0) is 14.6 Å². The Morgan fingerprint density at radius 1 is 1.09 bits per heavy atom. The fraction of sp³-hybridized carbons (Fsp3) is 0.500. The molecule has 0 aliphatic carbocycles. The number of rotatable bonds is 14. The maximum absolute atomic E-state index is 12.6. The van der Waals surface area contributed by atoms with Crippen molar-refractivity contribution in [2.45, 2.75) is 24.0 Å². The maximum Gasteiger partial charge on any atom is 0.340 e. The molecule has 3 N–H and O–H groups in total. The third-order valence-corrected chi connectivity index (χ3v) is 8.17. The first-order valence-corrected chi connectivity index (χ1v) is 13.6. The molecule has 0 atom stereocenters. The minimum Gasteiger partial charge on any atom is -0.490 e. The number of hydrogen-bond donors (Lipinski definition) is 3. The first-order valence-electron chi connectivity index (χ1n) is 9.47. The number of nitrogens with one attached hydrogen (secondary N) is 1. The van der Waals surface area contributed by atoms with E-state index in [9.17, 15) is 13.0 Å². The SMILES string of the molecule is Cc1c(S(=O)(=O)NCP(=O)(O)O)sc2cc(OCCCN=[N+]=[N-])c(OCCCN=[N+]=[N-])cc12. The molecule has 0 aliphatic rings. The third kappa shape index (κ3) is 8.07. The van der Waals surface area contributed by atoms with Crippen molar-refractivity contribution in [1.29, 1.82) is 0 Å². The van der Waals surface area contributed by atoms with E-state index in [-0.39, 0.29) is 30.5 Å². The molecule has 0 saturated carbocycles. The molecule has 0 radical (unpaired) electrons. The average molecular weight is 520 g/mol. The largest absolute Gasteiger partial charge is 0.490 e. The number of azide groups is 2. The summed E-state index contributed by atoms with van der Waals surface area (Å²) >= 11 is 0.926. The Bertz CT molecular complexity index is 1230. The lowest BCUT2D eigenvalue weighted by molar-refractivity contribution is 0.266. The highest BCUT2D eigenvalue weighted by Crippen LogP contribution is 2.41. The van der Waals surface area contributed by atoms with Gasteiger partial charge in [0.05, 0.1) is 13.2 Å². The summed E-state index contributed by atoms with van der Waals surface area (Å²) < 4.78 is 50.2. The molecular formula is C16H22N7O7PS2. The van der Waals surface area contributed by atoms with Gasteiger partial charge in [-0.05, 0) is 42.5 Å². The second-order valence-electron chi connectivity index (χ2n) is 6.59. The predicted molar refractivity (Wildman–Crippen MR) is 122 cm³/mol. The van der Waals surface area contributed by atoms with E-state index in [0.29, 0.717) is 40.0 Å². The molecule has 180 valence electrons. The Labute approximate surface area is 193 Å². The van der Waals surface area contributed by atoms with Crippen LogP contribution in [0, 0.1) is 6.92 Å². The Balaban J connectivity index is 2.36. The van der Waals surface area contributed by atoms with E-state index >= 15 is 0 Å². The Hall–Kier alpha value is -2.54. The molecule has 0 saturated heterocycles. The molecule has 0 aliphatic heterocycles. The molecule has 0 bridgehead atoms. The lowest BCUT2D eigenvalue weighted by atomic mass is 10.2. The van der Waals surface area contributed by atoms with Gasteiger partial charge in [-0.15, -0.1) is 11.3 Å². The van der Waals surface area contributed by atoms with Gasteiger partial charge in [-0.1, -0.05) is 10.2 Å². The number of fused-ring (bicyclic) bond motifs is 1. The summed E-state index contributed by atoms with van der Waals surface area (Å²) in [6.07, 6.45) is -0.108. The van der Waals surface area contributed by atoms with E-state index in [4.69, 9.17) is 30.3 Å². The highest BCUT2D eigenvalue weighted by Gasteiger charge is 2.26. The second-order valence-corrected chi connectivity index (χ2v) is 11.3. The number of hydrogen-bond acceptors (Lipinski definition) is 8. The highest BCUT2D eigenvalue weighted by molar-refractivity contribution is 7.92. The topological polar surface area (TPSA) is 220 Å². The molecule has 1 aromatic heterocycles. The van der Waals surface area contributed by atoms with E-state index in [0.717, 1.165) is 11.3 Å². The van der Waals surface area contributed by atoms with Gasteiger partial charge in [0, 0.05) is 39.1 Å². The van der Waals surface area contributed by atoms with Crippen molar-refractivity contribution in [3.63, 3.8) is 0 Å². The van der Waals surface area contributed by atoms with Crippen LogP contribution in [0.25, 0.3) is 31.0 Å². The van der Waals surface area contributed by atoms with E-state index in [1.807, 2.05) is 4.72 Å². The number of nitrogens with zero attached hydrogens (tertiary/aromatic N) is 6. The summed E-state index contributed by atoms with van der Waals surface area (Å²) in [6, 6.07) is 3.24. The minimum absolute atomic E-state index is 0.0826. The zero-order valence-electron chi connectivity index (χ0n) is 17.5. The molecule has 0 fully saturated rings. The van der Waals surface area contributed by atoms with E-state index < -0.39 is 23.9 Å². The van der Waals surface area contributed by atoms with Crippen molar-refractivity contribution in [1.82, 2.24) is 4.72 Å².